The fourth-order valence-electron chi connectivity index (χ4n) is 2.04. The number of esters is 2. The van der Waals surface area contributed by atoms with Gasteiger partial charge in [-0.25, -0.2) is 13.2 Å². The lowest BCUT2D eigenvalue weighted by molar-refractivity contribution is -0.151. The molecule has 21 heavy (non-hydrogen) atoms. The van der Waals surface area contributed by atoms with Crippen molar-refractivity contribution >= 4 is 21.8 Å². The molecule has 120 valence electrons. The SMILES string of the molecule is C=C(CC(=O)OC1CCCCC1)C(=O)OCCS(C)(=O)=O. The summed E-state index contributed by atoms with van der Waals surface area (Å²) in [5, 5.41) is 0. The van der Waals surface area contributed by atoms with E-state index >= 15 is 0 Å². The van der Waals surface area contributed by atoms with Crippen molar-refractivity contribution in [2.24, 2.45) is 0 Å². The number of sulfone groups is 1. The molecule has 0 aliphatic heterocycles. The highest BCUT2D eigenvalue weighted by atomic mass is 32.2. The van der Waals surface area contributed by atoms with Gasteiger partial charge in [0, 0.05) is 11.8 Å². The van der Waals surface area contributed by atoms with Crippen LogP contribution in [0.15, 0.2) is 12.2 Å². The quantitative estimate of drug-likeness (QED) is 0.521. The molecule has 1 aliphatic carbocycles. The minimum absolute atomic E-state index is 0.0238. The summed E-state index contributed by atoms with van der Waals surface area (Å²) in [4.78, 5) is 23.2. The fraction of sp³-hybridized carbons (Fsp3) is 0.714. The maximum Gasteiger partial charge on any atom is 0.334 e. The van der Waals surface area contributed by atoms with Gasteiger partial charge < -0.3 is 9.47 Å². The Balaban J connectivity index is 2.27. The lowest BCUT2D eigenvalue weighted by Gasteiger charge is -2.21. The van der Waals surface area contributed by atoms with Crippen LogP contribution in [0.2, 0.25) is 0 Å². The van der Waals surface area contributed by atoms with Crippen LogP contribution in [0.25, 0.3) is 0 Å². The van der Waals surface area contributed by atoms with Crippen molar-refractivity contribution in [1.29, 1.82) is 0 Å². The summed E-state index contributed by atoms with van der Waals surface area (Å²) in [6, 6.07) is 0. The predicted molar refractivity (Wildman–Crippen MR) is 77.4 cm³/mol. The molecule has 6 nitrogen and oxygen atoms in total. The lowest BCUT2D eigenvalue weighted by atomic mass is 9.98. The summed E-state index contributed by atoms with van der Waals surface area (Å²) >= 11 is 0. The maximum atomic E-state index is 11.7. The van der Waals surface area contributed by atoms with E-state index in [4.69, 9.17) is 9.47 Å². The average Bonchev–Trinajstić information content (AvgIpc) is 2.38. The van der Waals surface area contributed by atoms with Gasteiger partial charge in [-0.05, 0) is 25.7 Å². The first-order chi connectivity index (χ1) is 9.78. The first kappa shape index (κ1) is 17.7. The molecule has 0 spiro atoms. The van der Waals surface area contributed by atoms with E-state index in [0.29, 0.717) is 0 Å². The number of carbonyl (C=O) groups excluding carboxylic acids is 2. The van der Waals surface area contributed by atoms with E-state index in [9.17, 15) is 18.0 Å². The van der Waals surface area contributed by atoms with Crippen LogP contribution in [-0.2, 0) is 28.9 Å². The minimum atomic E-state index is -3.19. The third-order valence-corrected chi connectivity index (χ3v) is 4.09. The van der Waals surface area contributed by atoms with E-state index in [1.165, 1.54) is 0 Å². The standard InChI is InChI=1S/C14H22O6S/c1-11(14(16)19-8-9-21(2,17)18)10-13(15)20-12-6-4-3-5-7-12/h12H,1,3-10H2,2H3. The number of hydrogen-bond donors (Lipinski definition) is 0. The van der Waals surface area contributed by atoms with Crippen molar-refractivity contribution in [3.05, 3.63) is 12.2 Å². The van der Waals surface area contributed by atoms with E-state index in [2.05, 4.69) is 6.58 Å². The maximum absolute atomic E-state index is 11.7. The highest BCUT2D eigenvalue weighted by molar-refractivity contribution is 7.90. The van der Waals surface area contributed by atoms with Crippen molar-refractivity contribution in [2.45, 2.75) is 44.6 Å². The highest BCUT2D eigenvalue weighted by Gasteiger charge is 2.20. The molecule has 0 aromatic rings. The van der Waals surface area contributed by atoms with Crippen LogP contribution in [0.5, 0.6) is 0 Å². The monoisotopic (exact) mass is 318 g/mol. The van der Waals surface area contributed by atoms with Gasteiger partial charge in [0.05, 0.1) is 12.2 Å². The molecule has 0 atom stereocenters. The Bertz CT molecular complexity index is 488. The van der Waals surface area contributed by atoms with Crippen molar-refractivity contribution in [3.63, 3.8) is 0 Å². The smallest absolute Gasteiger partial charge is 0.334 e. The third-order valence-electron chi connectivity index (χ3n) is 3.18. The van der Waals surface area contributed by atoms with Gasteiger partial charge in [-0.2, -0.15) is 0 Å². The Morgan fingerprint density at radius 3 is 2.38 bits per heavy atom. The summed E-state index contributed by atoms with van der Waals surface area (Å²) < 4.78 is 31.8. The number of ether oxygens (including phenoxy) is 2. The zero-order chi connectivity index (χ0) is 15.9. The molecule has 1 rings (SSSR count). The van der Waals surface area contributed by atoms with Gasteiger partial charge in [0.25, 0.3) is 0 Å². The van der Waals surface area contributed by atoms with E-state index < -0.39 is 21.8 Å². The normalized spacial score (nSPS) is 16.2. The molecular weight excluding hydrogens is 296 g/mol. The second-order valence-electron chi connectivity index (χ2n) is 5.30. The van der Waals surface area contributed by atoms with Gasteiger partial charge >= 0.3 is 11.9 Å². The Hall–Kier alpha value is -1.37. The van der Waals surface area contributed by atoms with Gasteiger partial charge in [0.1, 0.15) is 12.7 Å². The van der Waals surface area contributed by atoms with E-state index in [0.717, 1.165) is 38.4 Å². The van der Waals surface area contributed by atoms with Crippen LogP contribution >= 0.6 is 0 Å². The van der Waals surface area contributed by atoms with Crippen molar-refractivity contribution in [3.8, 4) is 0 Å². The highest BCUT2D eigenvalue weighted by Crippen LogP contribution is 2.21. The minimum Gasteiger partial charge on any atom is -0.462 e. The molecule has 1 fully saturated rings. The summed E-state index contributed by atoms with van der Waals surface area (Å²) in [6.45, 7) is 3.24. The molecule has 0 unspecified atom stereocenters. The van der Waals surface area contributed by atoms with E-state index in [1.54, 1.807) is 0 Å². The Labute approximate surface area is 125 Å². The molecule has 0 bridgehead atoms. The fourth-order valence-corrected chi connectivity index (χ4v) is 2.43. The van der Waals surface area contributed by atoms with Crippen LogP contribution < -0.4 is 0 Å². The van der Waals surface area contributed by atoms with Gasteiger partial charge in [-0.3, -0.25) is 4.79 Å². The third kappa shape index (κ3) is 7.84. The topological polar surface area (TPSA) is 86.7 Å². The summed E-state index contributed by atoms with van der Waals surface area (Å²) in [5.74, 6) is -1.51. The van der Waals surface area contributed by atoms with Crippen molar-refractivity contribution in [2.75, 3.05) is 18.6 Å². The predicted octanol–water partition coefficient (Wildman–Crippen LogP) is 1.40. The number of carbonyl (C=O) groups is 2. The summed E-state index contributed by atoms with van der Waals surface area (Å²) in [5.41, 5.74) is -0.0238. The summed E-state index contributed by atoms with van der Waals surface area (Å²) in [6.07, 6.45) is 5.73. The van der Waals surface area contributed by atoms with Crippen LogP contribution in [-0.4, -0.2) is 45.1 Å². The lowest BCUT2D eigenvalue weighted by Crippen LogP contribution is -2.22. The molecule has 0 amide bonds. The van der Waals surface area contributed by atoms with Crippen LogP contribution in [0, 0.1) is 0 Å². The first-order valence-corrected chi connectivity index (χ1v) is 9.06. The Morgan fingerprint density at radius 1 is 1.19 bits per heavy atom. The average molecular weight is 318 g/mol. The van der Waals surface area contributed by atoms with Gasteiger partial charge in [-0.1, -0.05) is 13.0 Å². The molecule has 0 heterocycles. The largest absolute Gasteiger partial charge is 0.462 e. The van der Waals surface area contributed by atoms with Crippen LogP contribution in [0.4, 0.5) is 0 Å². The molecule has 1 saturated carbocycles. The zero-order valence-electron chi connectivity index (χ0n) is 12.3. The van der Waals surface area contributed by atoms with E-state index in [-0.39, 0.29) is 30.5 Å². The van der Waals surface area contributed by atoms with Crippen molar-refractivity contribution < 1.29 is 27.5 Å². The van der Waals surface area contributed by atoms with Crippen molar-refractivity contribution in [1.82, 2.24) is 0 Å². The Morgan fingerprint density at radius 2 is 1.81 bits per heavy atom. The van der Waals surface area contributed by atoms with Crippen LogP contribution in [0.1, 0.15) is 38.5 Å². The molecule has 0 N–H and O–H groups in total. The van der Waals surface area contributed by atoms with E-state index in [1.807, 2.05) is 0 Å². The van der Waals surface area contributed by atoms with Gasteiger partial charge in [-0.15, -0.1) is 0 Å². The second-order valence-corrected chi connectivity index (χ2v) is 7.56. The van der Waals surface area contributed by atoms with Gasteiger partial charge in [0.2, 0.25) is 0 Å². The van der Waals surface area contributed by atoms with Crippen LogP contribution in [0.3, 0.4) is 0 Å². The molecule has 0 saturated heterocycles. The number of rotatable bonds is 7. The number of hydrogen-bond acceptors (Lipinski definition) is 6. The Kier molecular flexibility index (Phi) is 6.87. The summed E-state index contributed by atoms with van der Waals surface area (Å²) in [7, 11) is -3.19. The van der Waals surface area contributed by atoms with Gasteiger partial charge in [0.15, 0.2) is 9.84 Å². The molecule has 0 radical (unpaired) electrons. The molecular formula is C14H22O6S. The molecule has 0 aromatic heterocycles. The molecule has 1 aliphatic rings. The second kappa shape index (κ2) is 8.17. The molecule has 0 aromatic carbocycles. The molecule has 7 heteroatoms. The first-order valence-electron chi connectivity index (χ1n) is 7.00. The zero-order valence-corrected chi connectivity index (χ0v) is 13.1.